The number of pyridine rings is 1. The minimum Gasteiger partial charge on any atom is -0.345 e. The molecule has 30 heavy (non-hydrogen) atoms. The molecule has 0 aliphatic heterocycles. The van der Waals surface area contributed by atoms with Crippen molar-refractivity contribution >= 4 is 23.0 Å². The molecule has 6 heteroatoms. The number of amides is 2. The van der Waals surface area contributed by atoms with Crippen LogP contribution < -0.4 is 10.6 Å². The van der Waals surface area contributed by atoms with E-state index in [0.29, 0.717) is 17.7 Å². The van der Waals surface area contributed by atoms with E-state index in [-0.39, 0.29) is 23.3 Å². The summed E-state index contributed by atoms with van der Waals surface area (Å²) in [5.41, 5.74) is 4.66. The first kappa shape index (κ1) is 19.4. The van der Waals surface area contributed by atoms with E-state index in [9.17, 15) is 9.59 Å². The third-order valence-electron chi connectivity index (χ3n) is 4.82. The predicted octanol–water partition coefficient (Wildman–Crippen LogP) is 4.13. The molecular formula is C24H22N4O2. The molecule has 4 aromatic rings. The van der Waals surface area contributed by atoms with Gasteiger partial charge in [-0.3, -0.25) is 14.0 Å². The summed E-state index contributed by atoms with van der Waals surface area (Å²) < 4.78 is 1.63. The molecule has 0 saturated heterocycles. The summed E-state index contributed by atoms with van der Waals surface area (Å²) in [7, 11) is 0. The highest BCUT2D eigenvalue weighted by atomic mass is 16.2. The third-order valence-corrected chi connectivity index (χ3v) is 4.82. The number of hydrogen-bond acceptors (Lipinski definition) is 3. The van der Waals surface area contributed by atoms with Crippen molar-refractivity contribution in [1.29, 1.82) is 0 Å². The zero-order valence-corrected chi connectivity index (χ0v) is 16.8. The Hall–Kier alpha value is -3.93. The zero-order valence-electron chi connectivity index (χ0n) is 16.8. The van der Waals surface area contributed by atoms with Crippen LogP contribution in [-0.2, 0) is 6.54 Å². The Morgan fingerprint density at radius 2 is 1.70 bits per heavy atom. The van der Waals surface area contributed by atoms with Gasteiger partial charge in [-0.25, -0.2) is 4.98 Å². The van der Waals surface area contributed by atoms with Crippen LogP contribution in [0.15, 0.2) is 72.9 Å². The lowest BCUT2D eigenvalue weighted by Gasteiger charge is -2.05. The normalized spacial score (nSPS) is 10.7. The molecule has 2 heterocycles. The molecule has 6 nitrogen and oxygen atoms in total. The number of carbonyl (C=O) groups is 2. The van der Waals surface area contributed by atoms with Gasteiger partial charge >= 0.3 is 0 Å². The van der Waals surface area contributed by atoms with Gasteiger partial charge in [-0.1, -0.05) is 48.0 Å². The lowest BCUT2D eigenvalue weighted by molar-refractivity contribution is 0.0940. The number of nitrogens with zero attached hydrogens (tertiary/aromatic N) is 2. The second-order valence-corrected chi connectivity index (χ2v) is 7.23. The molecule has 0 aliphatic carbocycles. The number of imidazole rings is 1. The summed E-state index contributed by atoms with van der Waals surface area (Å²) >= 11 is 0. The number of rotatable bonds is 5. The summed E-state index contributed by atoms with van der Waals surface area (Å²) in [4.78, 5) is 30.1. The highest BCUT2D eigenvalue weighted by molar-refractivity contribution is 6.09. The molecule has 0 aliphatic rings. The molecule has 0 atom stereocenters. The van der Waals surface area contributed by atoms with Crippen molar-refractivity contribution in [2.75, 3.05) is 5.32 Å². The maximum Gasteiger partial charge on any atom is 0.287 e. The van der Waals surface area contributed by atoms with Crippen LogP contribution in [0.5, 0.6) is 0 Å². The van der Waals surface area contributed by atoms with Crippen LogP contribution in [0.25, 0.3) is 5.52 Å². The van der Waals surface area contributed by atoms with Crippen molar-refractivity contribution in [3.05, 3.63) is 101 Å². The van der Waals surface area contributed by atoms with Crippen LogP contribution in [-0.4, -0.2) is 21.2 Å². The Labute approximate surface area is 174 Å². The van der Waals surface area contributed by atoms with Crippen molar-refractivity contribution < 1.29 is 9.59 Å². The standard InChI is InChI=1S/C24H22N4O2/c1-16-9-11-18(12-10-16)15-25-24(30)22-27-21(20-8-3-4-13-28(20)22)23(29)26-19-7-5-6-17(2)14-19/h3-14H,15H2,1-2H3,(H,25,30)(H,26,29). The molecule has 0 fully saturated rings. The Morgan fingerprint density at radius 3 is 2.47 bits per heavy atom. The maximum atomic E-state index is 12.9. The maximum absolute atomic E-state index is 12.9. The fraction of sp³-hybridized carbons (Fsp3) is 0.125. The van der Waals surface area contributed by atoms with Gasteiger partial charge in [-0.15, -0.1) is 0 Å². The molecule has 0 radical (unpaired) electrons. The predicted molar refractivity (Wildman–Crippen MR) is 117 cm³/mol. The van der Waals surface area contributed by atoms with E-state index >= 15 is 0 Å². The summed E-state index contributed by atoms with van der Waals surface area (Å²) in [6, 6.07) is 20.9. The number of fused-ring (bicyclic) bond motifs is 1. The molecule has 2 N–H and O–H groups in total. The molecule has 0 unspecified atom stereocenters. The molecule has 4 rings (SSSR count). The molecular weight excluding hydrogens is 376 g/mol. The minimum atomic E-state index is -0.359. The Kier molecular flexibility index (Phi) is 5.30. The largest absolute Gasteiger partial charge is 0.345 e. The van der Waals surface area contributed by atoms with Crippen molar-refractivity contribution in [1.82, 2.24) is 14.7 Å². The average molecular weight is 398 g/mol. The van der Waals surface area contributed by atoms with Crippen LogP contribution >= 0.6 is 0 Å². The quantitative estimate of drug-likeness (QED) is 0.531. The van der Waals surface area contributed by atoms with Gasteiger partial charge in [0.2, 0.25) is 5.82 Å². The first-order valence-corrected chi connectivity index (χ1v) is 9.70. The number of anilines is 1. The number of nitrogens with one attached hydrogen (secondary N) is 2. The van der Waals surface area contributed by atoms with Gasteiger partial charge in [-0.2, -0.15) is 0 Å². The van der Waals surface area contributed by atoms with Gasteiger partial charge in [0.05, 0.1) is 5.52 Å². The SMILES string of the molecule is Cc1ccc(CNC(=O)c2nc(C(=O)Nc3cccc(C)c3)c3ccccn23)cc1. The fourth-order valence-electron chi connectivity index (χ4n) is 3.25. The molecule has 0 spiro atoms. The highest BCUT2D eigenvalue weighted by Crippen LogP contribution is 2.17. The Balaban J connectivity index is 1.59. The topological polar surface area (TPSA) is 75.5 Å². The molecule has 150 valence electrons. The summed E-state index contributed by atoms with van der Waals surface area (Å²) in [6.45, 7) is 4.35. The monoisotopic (exact) mass is 398 g/mol. The summed E-state index contributed by atoms with van der Waals surface area (Å²) in [5, 5.41) is 5.74. The number of aromatic nitrogens is 2. The molecule has 2 aromatic heterocycles. The second-order valence-electron chi connectivity index (χ2n) is 7.23. The molecule has 0 bridgehead atoms. The number of aryl methyl sites for hydroxylation is 2. The minimum absolute atomic E-state index is 0.173. The summed E-state index contributed by atoms with van der Waals surface area (Å²) in [6.07, 6.45) is 1.73. The first-order chi connectivity index (χ1) is 14.5. The van der Waals surface area contributed by atoms with E-state index < -0.39 is 0 Å². The van der Waals surface area contributed by atoms with Crippen LogP contribution in [0, 0.1) is 13.8 Å². The van der Waals surface area contributed by atoms with Gasteiger partial charge in [-0.05, 0) is 49.2 Å². The molecule has 2 aromatic carbocycles. The van der Waals surface area contributed by atoms with Crippen LogP contribution in [0.2, 0.25) is 0 Å². The van der Waals surface area contributed by atoms with Crippen molar-refractivity contribution in [3.8, 4) is 0 Å². The van der Waals surface area contributed by atoms with Crippen LogP contribution in [0.4, 0.5) is 5.69 Å². The van der Waals surface area contributed by atoms with Crippen molar-refractivity contribution in [3.63, 3.8) is 0 Å². The van der Waals surface area contributed by atoms with Gasteiger partial charge in [0.25, 0.3) is 11.8 Å². The summed E-state index contributed by atoms with van der Waals surface area (Å²) in [5.74, 6) is -0.527. The van der Waals surface area contributed by atoms with Crippen LogP contribution in [0.1, 0.15) is 37.8 Å². The average Bonchev–Trinajstić information content (AvgIpc) is 3.13. The smallest absolute Gasteiger partial charge is 0.287 e. The Bertz CT molecular complexity index is 1230. The van der Waals surface area contributed by atoms with Crippen molar-refractivity contribution in [2.24, 2.45) is 0 Å². The van der Waals surface area contributed by atoms with E-state index in [4.69, 9.17) is 0 Å². The number of benzene rings is 2. The number of hydrogen-bond donors (Lipinski definition) is 2. The van der Waals surface area contributed by atoms with E-state index in [1.54, 1.807) is 22.7 Å². The van der Waals surface area contributed by atoms with E-state index in [0.717, 1.165) is 16.7 Å². The molecule has 2 amide bonds. The molecule has 0 saturated carbocycles. The Morgan fingerprint density at radius 1 is 0.900 bits per heavy atom. The lowest BCUT2D eigenvalue weighted by atomic mass is 10.1. The number of carbonyl (C=O) groups excluding carboxylic acids is 2. The van der Waals surface area contributed by atoms with E-state index in [1.165, 1.54) is 0 Å². The van der Waals surface area contributed by atoms with Gasteiger partial charge in [0, 0.05) is 18.4 Å². The zero-order chi connectivity index (χ0) is 21.1. The third kappa shape index (κ3) is 4.07. The lowest BCUT2D eigenvalue weighted by Crippen LogP contribution is -2.25. The highest BCUT2D eigenvalue weighted by Gasteiger charge is 2.21. The fourth-order valence-corrected chi connectivity index (χ4v) is 3.25. The van der Waals surface area contributed by atoms with Gasteiger partial charge < -0.3 is 10.6 Å². The van der Waals surface area contributed by atoms with Gasteiger partial charge in [0.1, 0.15) is 0 Å². The van der Waals surface area contributed by atoms with Crippen molar-refractivity contribution in [2.45, 2.75) is 20.4 Å². The van der Waals surface area contributed by atoms with E-state index in [2.05, 4.69) is 15.6 Å². The first-order valence-electron chi connectivity index (χ1n) is 9.70. The van der Waals surface area contributed by atoms with Crippen LogP contribution in [0.3, 0.4) is 0 Å². The second kappa shape index (κ2) is 8.21. The van der Waals surface area contributed by atoms with Gasteiger partial charge in [0.15, 0.2) is 5.69 Å². The van der Waals surface area contributed by atoms with E-state index in [1.807, 2.05) is 68.4 Å².